The van der Waals surface area contributed by atoms with Crippen molar-refractivity contribution in [2.75, 3.05) is 26.4 Å². The lowest BCUT2D eigenvalue weighted by atomic mass is 10.1. The van der Waals surface area contributed by atoms with Crippen LogP contribution in [0, 0.1) is 11.6 Å². The highest BCUT2D eigenvalue weighted by Gasteiger charge is 2.25. The van der Waals surface area contributed by atoms with Crippen LogP contribution in [0.5, 0.6) is 0 Å². The predicted molar refractivity (Wildman–Crippen MR) is 79.5 cm³/mol. The summed E-state index contributed by atoms with van der Waals surface area (Å²) in [6.07, 6.45) is 4.01. The van der Waals surface area contributed by atoms with Crippen molar-refractivity contribution in [1.82, 2.24) is 10.2 Å². The molecule has 0 aromatic heterocycles. The molecule has 22 heavy (non-hydrogen) atoms. The van der Waals surface area contributed by atoms with E-state index >= 15 is 0 Å². The standard InChI is InChI=1S/C15H17F2N3O2/c1-20-8-9(7-19-14(20)15(21)22-2)3-4-10-11(16)5-6-12(18)13(10)17/h3-6,8,14,19H,7,18H2,1-2H3. The fraction of sp³-hybridized carbons (Fsp3) is 0.267. The molecule has 1 aromatic carbocycles. The summed E-state index contributed by atoms with van der Waals surface area (Å²) in [6.45, 7) is 0.367. The first-order valence-corrected chi connectivity index (χ1v) is 6.59. The molecule has 5 nitrogen and oxygen atoms in total. The molecule has 1 heterocycles. The van der Waals surface area contributed by atoms with Crippen LogP contribution in [-0.2, 0) is 9.53 Å². The van der Waals surface area contributed by atoms with Crippen LogP contribution < -0.4 is 11.1 Å². The average Bonchev–Trinajstić information content (AvgIpc) is 2.50. The molecule has 1 aliphatic rings. The molecule has 0 bridgehead atoms. The van der Waals surface area contributed by atoms with Gasteiger partial charge in [-0.1, -0.05) is 6.08 Å². The Bertz CT molecular complexity index is 644. The summed E-state index contributed by atoms with van der Waals surface area (Å²) < 4.78 is 32.1. The van der Waals surface area contributed by atoms with Gasteiger partial charge < -0.3 is 15.4 Å². The molecule has 1 atom stereocenters. The Labute approximate surface area is 127 Å². The highest BCUT2D eigenvalue weighted by Crippen LogP contribution is 2.21. The second-order valence-electron chi connectivity index (χ2n) is 4.87. The molecular formula is C15H17F2N3O2. The Hall–Kier alpha value is -2.41. The van der Waals surface area contributed by atoms with Crippen LogP contribution in [0.25, 0.3) is 6.08 Å². The third-order valence-corrected chi connectivity index (χ3v) is 3.32. The first-order chi connectivity index (χ1) is 10.4. The summed E-state index contributed by atoms with van der Waals surface area (Å²) in [6, 6.07) is 2.29. The molecule has 0 radical (unpaired) electrons. The Balaban J connectivity index is 2.19. The van der Waals surface area contributed by atoms with Gasteiger partial charge in [-0.25, -0.2) is 13.6 Å². The number of carbonyl (C=O) groups excluding carboxylic acids is 1. The maximum Gasteiger partial charge on any atom is 0.343 e. The zero-order valence-corrected chi connectivity index (χ0v) is 12.3. The summed E-state index contributed by atoms with van der Waals surface area (Å²) in [5, 5.41) is 2.97. The monoisotopic (exact) mass is 309 g/mol. The molecule has 1 aromatic rings. The number of benzene rings is 1. The van der Waals surface area contributed by atoms with Crippen LogP contribution in [0.1, 0.15) is 5.56 Å². The van der Waals surface area contributed by atoms with Crippen molar-refractivity contribution in [3.05, 3.63) is 47.2 Å². The van der Waals surface area contributed by atoms with E-state index in [9.17, 15) is 13.6 Å². The van der Waals surface area contributed by atoms with Gasteiger partial charge in [0.15, 0.2) is 12.0 Å². The van der Waals surface area contributed by atoms with E-state index in [1.165, 1.54) is 19.3 Å². The summed E-state index contributed by atoms with van der Waals surface area (Å²) in [5.74, 6) is -1.88. The number of methoxy groups -OCH3 is 1. The van der Waals surface area contributed by atoms with Gasteiger partial charge in [-0.05, 0) is 23.8 Å². The number of hydrogen-bond donors (Lipinski definition) is 2. The van der Waals surface area contributed by atoms with Gasteiger partial charge in [0.05, 0.1) is 12.8 Å². The lowest BCUT2D eigenvalue weighted by Gasteiger charge is -2.30. The minimum Gasteiger partial charge on any atom is -0.466 e. The van der Waals surface area contributed by atoms with Crippen LogP contribution in [0.4, 0.5) is 14.5 Å². The molecule has 0 aliphatic carbocycles. The number of nitrogens with two attached hydrogens (primary N) is 1. The number of hydrogen-bond acceptors (Lipinski definition) is 5. The van der Waals surface area contributed by atoms with Gasteiger partial charge in [-0.15, -0.1) is 0 Å². The minimum atomic E-state index is -0.790. The maximum atomic E-state index is 13.8. The first kappa shape index (κ1) is 16.0. The third-order valence-electron chi connectivity index (χ3n) is 3.32. The highest BCUT2D eigenvalue weighted by molar-refractivity contribution is 5.75. The summed E-state index contributed by atoms with van der Waals surface area (Å²) in [5.41, 5.74) is 5.87. The predicted octanol–water partition coefficient (Wildman–Crippen LogP) is 1.48. The number of carbonyl (C=O) groups is 1. The van der Waals surface area contributed by atoms with Gasteiger partial charge in [0.1, 0.15) is 5.82 Å². The number of nitrogens with zero attached hydrogens (tertiary/aromatic N) is 1. The van der Waals surface area contributed by atoms with E-state index in [4.69, 9.17) is 5.73 Å². The summed E-state index contributed by atoms with van der Waals surface area (Å²) in [7, 11) is 3.01. The van der Waals surface area contributed by atoms with Gasteiger partial charge in [-0.3, -0.25) is 5.32 Å². The van der Waals surface area contributed by atoms with Crippen molar-refractivity contribution < 1.29 is 18.3 Å². The number of likely N-dealkylation sites (N-methyl/N-ethyl adjacent to an activating group) is 1. The lowest BCUT2D eigenvalue weighted by Crippen LogP contribution is -2.51. The van der Waals surface area contributed by atoms with Crippen LogP contribution in [0.15, 0.2) is 30.0 Å². The van der Waals surface area contributed by atoms with E-state index in [1.807, 2.05) is 0 Å². The Morgan fingerprint density at radius 2 is 2.18 bits per heavy atom. The Morgan fingerprint density at radius 1 is 1.45 bits per heavy atom. The van der Waals surface area contributed by atoms with Crippen LogP contribution in [0.3, 0.4) is 0 Å². The van der Waals surface area contributed by atoms with E-state index in [-0.39, 0.29) is 11.3 Å². The highest BCUT2D eigenvalue weighted by atomic mass is 19.1. The van der Waals surface area contributed by atoms with Crippen LogP contribution >= 0.6 is 0 Å². The first-order valence-electron chi connectivity index (χ1n) is 6.59. The molecular weight excluding hydrogens is 292 g/mol. The molecule has 118 valence electrons. The van der Waals surface area contributed by atoms with E-state index in [0.29, 0.717) is 6.54 Å². The van der Waals surface area contributed by atoms with Crippen molar-refractivity contribution in [1.29, 1.82) is 0 Å². The van der Waals surface area contributed by atoms with Gasteiger partial charge >= 0.3 is 5.97 Å². The molecule has 0 saturated heterocycles. The second-order valence-corrected chi connectivity index (χ2v) is 4.87. The third kappa shape index (κ3) is 3.25. The van der Waals surface area contributed by atoms with Crippen LogP contribution in [0.2, 0.25) is 0 Å². The van der Waals surface area contributed by atoms with E-state index < -0.39 is 23.8 Å². The second kappa shape index (κ2) is 6.57. The van der Waals surface area contributed by atoms with Crippen LogP contribution in [-0.4, -0.2) is 37.7 Å². The summed E-state index contributed by atoms with van der Waals surface area (Å²) in [4.78, 5) is 13.1. The molecule has 2 rings (SSSR count). The van der Waals surface area contributed by atoms with E-state index in [2.05, 4.69) is 10.1 Å². The lowest BCUT2D eigenvalue weighted by molar-refractivity contribution is -0.146. The Kier molecular flexibility index (Phi) is 4.77. The smallest absolute Gasteiger partial charge is 0.343 e. The van der Waals surface area contributed by atoms with Crippen molar-refractivity contribution in [3.8, 4) is 0 Å². The van der Waals surface area contributed by atoms with Gasteiger partial charge in [0, 0.05) is 25.4 Å². The number of ether oxygens (including phenoxy) is 1. The molecule has 3 N–H and O–H groups in total. The van der Waals surface area contributed by atoms with E-state index in [1.54, 1.807) is 24.2 Å². The molecule has 1 aliphatic heterocycles. The quantitative estimate of drug-likeness (QED) is 0.654. The topological polar surface area (TPSA) is 67.6 Å². The molecule has 0 amide bonds. The normalized spacial score (nSPS) is 18.5. The van der Waals surface area contributed by atoms with Gasteiger partial charge in [0.25, 0.3) is 0 Å². The fourth-order valence-electron chi connectivity index (χ4n) is 2.13. The van der Waals surface area contributed by atoms with Crippen molar-refractivity contribution in [2.24, 2.45) is 0 Å². The minimum absolute atomic E-state index is 0.111. The fourth-order valence-corrected chi connectivity index (χ4v) is 2.13. The SMILES string of the molecule is COC(=O)C1NCC(C=Cc2c(F)ccc(N)c2F)=CN1C. The van der Waals surface area contributed by atoms with Gasteiger partial charge in [0.2, 0.25) is 0 Å². The molecule has 7 heteroatoms. The van der Waals surface area contributed by atoms with Crippen molar-refractivity contribution >= 4 is 17.7 Å². The largest absolute Gasteiger partial charge is 0.466 e. The number of rotatable bonds is 3. The van der Waals surface area contributed by atoms with Gasteiger partial charge in [-0.2, -0.15) is 0 Å². The maximum absolute atomic E-state index is 13.8. The summed E-state index contributed by atoms with van der Waals surface area (Å²) >= 11 is 0. The van der Waals surface area contributed by atoms with Crippen molar-refractivity contribution in [2.45, 2.75) is 6.17 Å². The molecule has 0 spiro atoms. The number of anilines is 1. The van der Waals surface area contributed by atoms with E-state index in [0.717, 1.165) is 11.6 Å². The number of esters is 1. The number of halogens is 2. The number of nitrogens with one attached hydrogen (secondary N) is 1. The zero-order chi connectivity index (χ0) is 16.3. The number of nitrogen functional groups attached to an aromatic ring is 1. The van der Waals surface area contributed by atoms with Crippen molar-refractivity contribution in [3.63, 3.8) is 0 Å². The molecule has 0 saturated carbocycles. The Morgan fingerprint density at radius 3 is 2.82 bits per heavy atom. The zero-order valence-electron chi connectivity index (χ0n) is 12.3. The molecule has 0 fully saturated rings. The molecule has 1 unspecified atom stereocenters. The average molecular weight is 309 g/mol.